The van der Waals surface area contributed by atoms with E-state index in [0.29, 0.717) is 17.2 Å². The average Bonchev–Trinajstić information content (AvgIpc) is 2.97. The summed E-state index contributed by atoms with van der Waals surface area (Å²) in [6.45, 7) is 6.90. The van der Waals surface area contributed by atoms with Crippen LogP contribution in [0, 0.1) is 0 Å². The molecule has 0 spiro atoms. The lowest BCUT2D eigenvalue weighted by molar-refractivity contribution is -0.137. The fourth-order valence-corrected chi connectivity index (χ4v) is 6.20. The van der Waals surface area contributed by atoms with Gasteiger partial charge < -0.3 is 10.2 Å². The standard InChI is InChI=1S/C30H32BrClF3N5O.H2/c31-27-17-23(29(41)37-18-21-1-5-24(6-2-21)30(33,34)35)19-36-28(27)40-15-13-39(14-16-40)26-9-11-38(12-10-26)20-22-3-7-25(32)8-4-22;/h1-8,17,19,26H,9-16,18,20H2,(H,37,41);1H. The van der Waals surface area contributed by atoms with Crippen molar-refractivity contribution in [2.24, 2.45) is 0 Å². The maximum atomic E-state index is 12.8. The van der Waals surface area contributed by atoms with E-state index in [4.69, 9.17) is 11.6 Å². The minimum atomic E-state index is -4.38. The molecule has 1 aromatic heterocycles. The van der Waals surface area contributed by atoms with Gasteiger partial charge in [0.15, 0.2) is 0 Å². The SMILES string of the molecule is O=C(NCc1ccc(C(F)(F)F)cc1)c1cnc(N2CCN(C3CCN(Cc4ccc(Cl)cc4)CC3)CC2)c(Br)c1.[HH]. The molecule has 1 N–H and O–H groups in total. The Labute approximate surface area is 253 Å². The molecule has 0 aliphatic carbocycles. The van der Waals surface area contributed by atoms with Crippen molar-refractivity contribution < 1.29 is 19.4 Å². The molecule has 5 rings (SSSR count). The molecule has 6 nitrogen and oxygen atoms in total. The predicted molar refractivity (Wildman–Crippen MR) is 160 cm³/mol. The van der Waals surface area contributed by atoms with Gasteiger partial charge in [0.25, 0.3) is 5.91 Å². The van der Waals surface area contributed by atoms with Crippen molar-refractivity contribution in [3.8, 4) is 0 Å². The molecule has 3 aromatic rings. The van der Waals surface area contributed by atoms with E-state index in [1.165, 1.54) is 17.7 Å². The van der Waals surface area contributed by atoms with Crippen molar-refractivity contribution in [2.45, 2.75) is 38.1 Å². The first-order valence-electron chi connectivity index (χ1n) is 13.7. The zero-order valence-corrected chi connectivity index (χ0v) is 24.9. The molecule has 0 bridgehead atoms. The maximum Gasteiger partial charge on any atom is 0.416 e. The fraction of sp³-hybridized carbons (Fsp3) is 0.400. The number of rotatable bonds is 7. The van der Waals surface area contributed by atoms with E-state index in [0.717, 1.165) is 86.1 Å². The van der Waals surface area contributed by atoms with E-state index < -0.39 is 11.7 Å². The number of nitrogens with zero attached hydrogens (tertiary/aromatic N) is 4. The van der Waals surface area contributed by atoms with E-state index in [9.17, 15) is 18.0 Å². The molecule has 2 aliphatic rings. The van der Waals surface area contributed by atoms with Gasteiger partial charge in [-0.2, -0.15) is 13.2 Å². The number of hydrogen-bond acceptors (Lipinski definition) is 5. The molecule has 0 atom stereocenters. The lowest BCUT2D eigenvalue weighted by atomic mass is 10.0. The van der Waals surface area contributed by atoms with Gasteiger partial charge in [-0.05, 0) is 83.3 Å². The first kappa shape index (κ1) is 29.8. The van der Waals surface area contributed by atoms with Crippen LogP contribution in [0.1, 0.15) is 41.3 Å². The normalized spacial score (nSPS) is 17.5. The summed E-state index contributed by atoms with van der Waals surface area (Å²) in [6, 6.07) is 15.2. The Kier molecular flexibility index (Phi) is 9.53. The number of nitrogens with one attached hydrogen (secondary N) is 1. The number of anilines is 1. The lowest BCUT2D eigenvalue weighted by Gasteiger charge is -2.43. The van der Waals surface area contributed by atoms with Crippen LogP contribution in [0.4, 0.5) is 19.0 Å². The summed E-state index contributed by atoms with van der Waals surface area (Å²) >= 11 is 9.60. The Bertz CT molecular complexity index is 1330. The molecule has 220 valence electrons. The third-order valence-electron chi connectivity index (χ3n) is 7.83. The number of benzene rings is 2. The van der Waals surface area contributed by atoms with Gasteiger partial charge in [-0.15, -0.1) is 0 Å². The van der Waals surface area contributed by atoms with E-state index in [-0.39, 0.29) is 13.9 Å². The number of piperazine rings is 1. The van der Waals surface area contributed by atoms with Gasteiger partial charge in [-0.1, -0.05) is 35.9 Å². The van der Waals surface area contributed by atoms with Crippen molar-refractivity contribution in [3.63, 3.8) is 0 Å². The highest BCUT2D eigenvalue weighted by molar-refractivity contribution is 9.10. The van der Waals surface area contributed by atoms with Gasteiger partial charge in [0.2, 0.25) is 0 Å². The van der Waals surface area contributed by atoms with Crippen LogP contribution in [0.25, 0.3) is 0 Å². The van der Waals surface area contributed by atoms with Gasteiger partial charge in [0.05, 0.1) is 15.6 Å². The molecular formula is C30H34BrClF3N5O. The molecule has 2 fully saturated rings. The zero-order valence-electron chi connectivity index (χ0n) is 22.5. The number of likely N-dealkylation sites (tertiary alicyclic amines) is 1. The molecule has 2 saturated heterocycles. The molecule has 2 aliphatic heterocycles. The Balaban J connectivity index is 0.00000405. The molecule has 1 amide bonds. The van der Waals surface area contributed by atoms with Crippen LogP contribution >= 0.6 is 27.5 Å². The van der Waals surface area contributed by atoms with Crippen molar-refractivity contribution in [1.82, 2.24) is 20.1 Å². The number of amides is 1. The Morgan fingerprint density at radius 2 is 1.61 bits per heavy atom. The Morgan fingerprint density at radius 3 is 2.22 bits per heavy atom. The van der Waals surface area contributed by atoms with Crippen LogP contribution < -0.4 is 10.2 Å². The Morgan fingerprint density at radius 1 is 0.976 bits per heavy atom. The maximum absolute atomic E-state index is 12.8. The second kappa shape index (κ2) is 13.1. The van der Waals surface area contributed by atoms with E-state index in [2.05, 4.69) is 53.1 Å². The second-order valence-corrected chi connectivity index (χ2v) is 11.9. The van der Waals surface area contributed by atoms with Gasteiger partial charge in [-0.25, -0.2) is 4.98 Å². The number of carbonyl (C=O) groups is 1. The van der Waals surface area contributed by atoms with Gasteiger partial charge in [-0.3, -0.25) is 14.6 Å². The number of halogens is 5. The molecule has 11 heteroatoms. The number of pyridine rings is 1. The van der Waals surface area contributed by atoms with E-state index in [1.54, 1.807) is 12.3 Å². The highest BCUT2D eigenvalue weighted by Gasteiger charge is 2.30. The molecule has 0 radical (unpaired) electrons. The van der Waals surface area contributed by atoms with Crippen molar-refractivity contribution in [2.75, 3.05) is 44.2 Å². The third kappa shape index (κ3) is 7.80. The molecule has 3 heterocycles. The molecule has 0 unspecified atom stereocenters. The minimum absolute atomic E-state index is 0. The predicted octanol–water partition coefficient (Wildman–Crippen LogP) is 6.48. The van der Waals surface area contributed by atoms with Crippen LogP contribution in [-0.2, 0) is 19.3 Å². The number of alkyl halides is 3. The summed E-state index contributed by atoms with van der Waals surface area (Å²) in [5.41, 5.74) is 1.55. The van der Waals surface area contributed by atoms with Gasteiger partial charge in [0, 0.05) is 58.0 Å². The number of carbonyl (C=O) groups excluding carboxylic acids is 1. The van der Waals surface area contributed by atoms with Crippen molar-refractivity contribution in [1.29, 1.82) is 0 Å². The quantitative estimate of drug-likeness (QED) is 0.317. The lowest BCUT2D eigenvalue weighted by Crippen LogP contribution is -2.53. The summed E-state index contributed by atoms with van der Waals surface area (Å²) in [5.74, 6) is 0.471. The van der Waals surface area contributed by atoms with E-state index in [1.807, 2.05) is 12.1 Å². The smallest absolute Gasteiger partial charge is 0.353 e. The van der Waals surface area contributed by atoms with Crippen LogP contribution in [0.15, 0.2) is 65.3 Å². The largest absolute Gasteiger partial charge is 0.416 e. The Hall–Kier alpha value is -2.66. The van der Waals surface area contributed by atoms with Crippen LogP contribution in [0.5, 0.6) is 0 Å². The topological polar surface area (TPSA) is 51.7 Å². The van der Waals surface area contributed by atoms with Crippen LogP contribution in [0.3, 0.4) is 0 Å². The summed E-state index contributed by atoms with van der Waals surface area (Å²) in [7, 11) is 0. The third-order valence-corrected chi connectivity index (χ3v) is 8.66. The van der Waals surface area contributed by atoms with Gasteiger partial charge >= 0.3 is 6.18 Å². The van der Waals surface area contributed by atoms with Crippen molar-refractivity contribution in [3.05, 3.63) is 92.5 Å². The monoisotopic (exact) mass is 651 g/mol. The first-order chi connectivity index (χ1) is 19.7. The van der Waals surface area contributed by atoms with Crippen LogP contribution in [-0.4, -0.2) is 66.0 Å². The molecule has 2 aromatic carbocycles. The minimum Gasteiger partial charge on any atom is -0.353 e. The summed E-state index contributed by atoms with van der Waals surface area (Å²) < 4.78 is 39.0. The number of aromatic nitrogens is 1. The van der Waals surface area contributed by atoms with Crippen molar-refractivity contribution >= 4 is 39.3 Å². The highest BCUT2D eigenvalue weighted by Crippen LogP contribution is 2.30. The van der Waals surface area contributed by atoms with Gasteiger partial charge in [0.1, 0.15) is 5.82 Å². The molecule has 41 heavy (non-hydrogen) atoms. The molecular weight excluding hydrogens is 619 g/mol. The first-order valence-corrected chi connectivity index (χ1v) is 14.9. The van der Waals surface area contributed by atoms with Crippen LogP contribution in [0.2, 0.25) is 5.02 Å². The second-order valence-electron chi connectivity index (χ2n) is 10.6. The highest BCUT2D eigenvalue weighted by atomic mass is 79.9. The number of hydrogen-bond donors (Lipinski definition) is 1. The zero-order chi connectivity index (χ0) is 29.0. The summed E-state index contributed by atoms with van der Waals surface area (Å²) in [6.07, 6.45) is -0.520. The fourth-order valence-electron chi connectivity index (χ4n) is 5.47. The average molecular weight is 653 g/mol. The molecule has 0 saturated carbocycles. The number of piperidine rings is 1. The van der Waals surface area contributed by atoms with E-state index >= 15 is 0 Å². The summed E-state index contributed by atoms with van der Waals surface area (Å²) in [4.78, 5) is 24.6. The summed E-state index contributed by atoms with van der Waals surface area (Å²) in [5, 5.41) is 3.52.